The molecule has 1 aromatic rings. The predicted molar refractivity (Wildman–Crippen MR) is 90.0 cm³/mol. The molecule has 0 unspecified atom stereocenters. The Hall–Kier alpha value is -2.24. The number of carbonyl (C=O) groups excluding carboxylic acids is 1. The first-order chi connectivity index (χ1) is 11.8. The highest BCUT2D eigenvalue weighted by Crippen LogP contribution is 2.31. The van der Waals surface area contributed by atoms with Crippen molar-refractivity contribution in [3.63, 3.8) is 0 Å². The van der Waals surface area contributed by atoms with Gasteiger partial charge >= 0.3 is 0 Å². The summed E-state index contributed by atoms with van der Waals surface area (Å²) in [6.45, 7) is 0.887. The van der Waals surface area contributed by atoms with E-state index >= 15 is 0 Å². The molecule has 1 amide bonds. The SMILES string of the molecule is CNC(=O)CN(C)c1ccc(S(=O)(=O)N2CCOCC2)cc1[N+](=O)[O-]. The molecule has 0 saturated carbocycles. The fourth-order valence-electron chi connectivity index (χ4n) is 2.45. The number of nitro benzene ring substituents is 1. The minimum Gasteiger partial charge on any atom is -0.379 e. The van der Waals surface area contributed by atoms with Crippen molar-refractivity contribution in [2.24, 2.45) is 0 Å². The van der Waals surface area contributed by atoms with Gasteiger partial charge in [0.1, 0.15) is 5.69 Å². The molecule has 1 aliphatic rings. The number of sulfonamides is 1. The topological polar surface area (TPSA) is 122 Å². The van der Waals surface area contributed by atoms with Crippen LogP contribution in [0.5, 0.6) is 0 Å². The maximum Gasteiger partial charge on any atom is 0.293 e. The molecule has 0 atom stereocenters. The van der Waals surface area contributed by atoms with Crippen LogP contribution in [-0.2, 0) is 19.6 Å². The van der Waals surface area contributed by atoms with Gasteiger partial charge in [-0.05, 0) is 12.1 Å². The lowest BCUT2D eigenvalue weighted by atomic mass is 10.2. The molecule has 1 aromatic carbocycles. The van der Waals surface area contributed by atoms with Crippen molar-refractivity contribution < 1.29 is 22.9 Å². The van der Waals surface area contributed by atoms with Crippen molar-refractivity contribution in [3.8, 4) is 0 Å². The molecule has 0 radical (unpaired) electrons. The Morgan fingerprint density at radius 1 is 1.40 bits per heavy atom. The third kappa shape index (κ3) is 4.24. The van der Waals surface area contributed by atoms with Crippen LogP contribution in [0, 0.1) is 10.1 Å². The van der Waals surface area contributed by atoms with E-state index in [1.807, 2.05) is 0 Å². The number of benzene rings is 1. The van der Waals surface area contributed by atoms with Crippen LogP contribution in [0.15, 0.2) is 23.1 Å². The van der Waals surface area contributed by atoms with Gasteiger partial charge in [-0.3, -0.25) is 14.9 Å². The number of morpholine rings is 1. The maximum atomic E-state index is 12.6. The van der Waals surface area contributed by atoms with E-state index in [-0.39, 0.29) is 55.0 Å². The number of ether oxygens (including phenoxy) is 1. The van der Waals surface area contributed by atoms with Crippen LogP contribution in [0.25, 0.3) is 0 Å². The summed E-state index contributed by atoms with van der Waals surface area (Å²) in [5, 5.41) is 13.8. The Kier molecular flexibility index (Phi) is 5.93. The third-order valence-electron chi connectivity index (χ3n) is 3.82. The molecular formula is C14H20N4O6S. The normalized spacial score (nSPS) is 15.6. The minimum atomic E-state index is -3.84. The van der Waals surface area contributed by atoms with Gasteiger partial charge in [0.2, 0.25) is 15.9 Å². The van der Waals surface area contributed by atoms with Gasteiger partial charge in [0.05, 0.1) is 29.6 Å². The summed E-state index contributed by atoms with van der Waals surface area (Å²) in [6.07, 6.45) is 0. The molecule has 1 N–H and O–H groups in total. The monoisotopic (exact) mass is 372 g/mol. The van der Waals surface area contributed by atoms with E-state index in [0.717, 1.165) is 6.07 Å². The van der Waals surface area contributed by atoms with Gasteiger partial charge in [0.25, 0.3) is 5.69 Å². The Morgan fingerprint density at radius 2 is 2.04 bits per heavy atom. The summed E-state index contributed by atoms with van der Waals surface area (Å²) in [7, 11) is -0.855. The van der Waals surface area contributed by atoms with Crippen molar-refractivity contribution in [2.45, 2.75) is 4.90 Å². The van der Waals surface area contributed by atoms with E-state index in [0.29, 0.717) is 0 Å². The van der Waals surface area contributed by atoms with Crippen LogP contribution in [-0.4, -0.2) is 70.5 Å². The van der Waals surface area contributed by atoms with Gasteiger partial charge in [0.15, 0.2) is 0 Å². The van der Waals surface area contributed by atoms with Gasteiger partial charge in [-0.1, -0.05) is 0 Å². The summed E-state index contributed by atoms with van der Waals surface area (Å²) >= 11 is 0. The highest BCUT2D eigenvalue weighted by Gasteiger charge is 2.29. The van der Waals surface area contributed by atoms with E-state index in [2.05, 4.69) is 5.32 Å². The molecule has 25 heavy (non-hydrogen) atoms. The fraction of sp³-hybridized carbons (Fsp3) is 0.500. The molecule has 1 heterocycles. The summed E-state index contributed by atoms with van der Waals surface area (Å²) in [5.41, 5.74) is -0.213. The molecule has 0 bridgehead atoms. The van der Waals surface area contributed by atoms with Crippen LogP contribution in [0.3, 0.4) is 0 Å². The first-order valence-corrected chi connectivity index (χ1v) is 8.99. The molecular weight excluding hydrogens is 352 g/mol. The molecule has 0 spiro atoms. The number of likely N-dealkylation sites (N-methyl/N-ethyl adjacent to an activating group) is 2. The van der Waals surface area contributed by atoms with Crippen LogP contribution in [0.2, 0.25) is 0 Å². The first kappa shape index (κ1) is 19.1. The fourth-order valence-corrected chi connectivity index (χ4v) is 3.88. The van der Waals surface area contributed by atoms with Gasteiger partial charge in [-0.15, -0.1) is 0 Å². The second-order valence-corrected chi connectivity index (χ2v) is 7.39. The molecule has 1 fully saturated rings. The number of rotatable bonds is 6. The van der Waals surface area contributed by atoms with Crippen molar-refractivity contribution in [3.05, 3.63) is 28.3 Å². The Balaban J connectivity index is 2.38. The van der Waals surface area contributed by atoms with Crippen molar-refractivity contribution in [1.29, 1.82) is 0 Å². The van der Waals surface area contributed by atoms with Gasteiger partial charge in [-0.25, -0.2) is 8.42 Å². The lowest BCUT2D eigenvalue weighted by Crippen LogP contribution is -2.40. The predicted octanol–water partition coefficient (Wildman–Crippen LogP) is -0.202. The van der Waals surface area contributed by atoms with Crippen LogP contribution >= 0.6 is 0 Å². The number of anilines is 1. The van der Waals surface area contributed by atoms with E-state index < -0.39 is 14.9 Å². The van der Waals surface area contributed by atoms with Gasteiger partial charge in [0, 0.05) is 33.3 Å². The summed E-state index contributed by atoms with van der Waals surface area (Å²) in [6, 6.07) is 3.68. The molecule has 0 aromatic heterocycles. The molecule has 0 aliphatic carbocycles. The highest BCUT2D eigenvalue weighted by molar-refractivity contribution is 7.89. The number of nitro groups is 1. The van der Waals surface area contributed by atoms with E-state index in [9.17, 15) is 23.3 Å². The average molecular weight is 372 g/mol. The zero-order valence-corrected chi connectivity index (χ0v) is 14.8. The van der Waals surface area contributed by atoms with Crippen LogP contribution < -0.4 is 10.2 Å². The van der Waals surface area contributed by atoms with Crippen LogP contribution in [0.1, 0.15) is 0 Å². The number of amides is 1. The van der Waals surface area contributed by atoms with Gasteiger partial charge in [-0.2, -0.15) is 4.31 Å². The highest BCUT2D eigenvalue weighted by atomic mass is 32.2. The van der Waals surface area contributed by atoms with Crippen molar-refractivity contribution >= 4 is 27.3 Å². The summed E-state index contributed by atoms with van der Waals surface area (Å²) in [4.78, 5) is 23.4. The lowest BCUT2D eigenvalue weighted by molar-refractivity contribution is -0.384. The second kappa shape index (κ2) is 7.76. The zero-order valence-electron chi connectivity index (χ0n) is 14.0. The smallest absolute Gasteiger partial charge is 0.293 e. The minimum absolute atomic E-state index is 0.0904. The first-order valence-electron chi connectivity index (χ1n) is 7.55. The van der Waals surface area contributed by atoms with E-state index in [4.69, 9.17) is 4.74 Å². The molecule has 1 saturated heterocycles. The summed E-state index contributed by atoms with van der Waals surface area (Å²) in [5.74, 6) is -0.318. The number of carbonyl (C=O) groups is 1. The third-order valence-corrected chi connectivity index (χ3v) is 5.72. The Labute approximate surface area is 145 Å². The molecule has 2 rings (SSSR count). The average Bonchev–Trinajstić information content (AvgIpc) is 2.61. The van der Waals surface area contributed by atoms with Crippen LogP contribution in [0.4, 0.5) is 11.4 Å². The standard InChI is InChI=1S/C14H20N4O6S/c1-15-14(19)10-16(2)12-4-3-11(9-13(12)18(20)21)25(22,23)17-5-7-24-8-6-17/h3-4,9H,5-8,10H2,1-2H3,(H,15,19). The number of hydrogen-bond acceptors (Lipinski definition) is 7. The summed E-state index contributed by atoms with van der Waals surface area (Å²) < 4.78 is 31.6. The van der Waals surface area contributed by atoms with Crippen molar-refractivity contribution in [1.82, 2.24) is 9.62 Å². The molecule has 138 valence electrons. The second-order valence-electron chi connectivity index (χ2n) is 5.45. The molecule has 1 aliphatic heterocycles. The number of hydrogen-bond donors (Lipinski definition) is 1. The Morgan fingerprint density at radius 3 is 2.60 bits per heavy atom. The lowest BCUT2D eigenvalue weighted by Gasteiger charge is -2.26. The Bertz CT molecular complexity index is 761. The van der Waals surface area contributed by atoms with E-state index in [1.54, 1.807) is 0 Å². The number of nitrogens with zero attached hydrogens (tertiary/aromatic N) is 3. The van der Waals surface area contributed by atoms with E-state index in [1.165, 1.54) is 35.4 Å². The van der Waals surface area contributed by atoms with Gasteiger partial charge < -0.3 is 15.0 Å². The molecule has 10 nitrogen and oxygen atoms in total. The quantitative estimate of drug-likeness (QED) is 0.542. The molecule has 11 heteroatoms. The maximum absolute atomic E-state index is 12.6. The largest absolute Gasteiger partial charge is 0.379 e. The zero-order chi connectivity index (χ0) is 18.6. The number of nitrogens with one attached hydrogen (secondary N) is 1. The van der Waals surface area contributed by atoms with Crippen molar-refractivity contribution in [2.75, 3.05) is 51.8 Å².